The Bertz CT molecular complexity index is 859. The van der Waals surface area contributed by atoms with Crippen molar-refractivity contribution in [1.82, 2.24) is 5.32 Å². The minimum Gasteiger partial charge on any atom is -0.497 e. The number of ether oxygens (including phenoxy) is 5. The molecule has 0 fully saturated rings. The molecule has 0 radical (unpaired) electrons. The summed E-state index contributed by atoms with van der Waals surface area (Å²) in [7, 11) is 2.96. The molecule has 0 saturated carbocycles. The molecular formula is C20H21NO7. The van der Waals surface area contributed by atoms with E-state index in [2.05, 4.69) is 5.32 Å². The summed E-state index contributed by atoms with van der Waals surface area (Å²) < 4.78 is 26.1. The van der Waals surface area contributed by atoms with Crippen LogP contribution in [0.25, 0.3) is 0 Å². The number of benzene rings is 2. The molecule has 1 aliphatic rings. The van der Waals surface area contributed by atoms with Crippen LogP contribution in [-0.4, -0.2) is 39.0 Å². The van der Waals surface area contributed by atoms with Gasteiger partial charge in [0, 0.05) is 12.6 Å². The Kier molecular flexibility index (Phi) is 5.88. The largest absolute Gasteiger partial charge is 0.497 e. The molecule has 1 atom stereocenters. The summed E-state index contributed by atoms with van der Waals surface area (Å²) in [5.74, 6) is 1.14. The molecule has 28 heavy (non-hydrogen) atoms. The van der Waals surface area contributed by atoms with Crippen LogP contribution in [-0.2, 0) is 16.1 Å². The van der Waals surface area contributed by atoms with Gasteiger partial charge in [-0.3, -0.25) is 4.79 Å². The van der Waals surface area contributed by atoms with Crippen molar-refractivity contribution in [3.05, 3.63) is 47.5 Å². The third-order valence-electron chi connectivity index (χ3n) is 4.14. The second kappa shape index (κ2) is 8.51. The molecular weight excluding hydrogens is 366 g/mol. The number of hydrogen-bond donors (Lipinski definition) is 1. The molecule has 2 aromatic rings. The number of fused-ring (bicyclic) bond motifs is 1. The summed E-state index contributed by atoms with van der Waals surface area (Å²) in [5.41, 5.74) is 1.07. The second-order valence-corrected chi connectivity index (χ2v) is 6.05. The number of carbonyl (C=O) groups excluding carboxylic acids is 2. The molecule has 2 aromatic carbocycles. The lowest BCUT2D eigenvalue weighted by Gasteiger charge is -2.14. The van der Waals surface area contributed by atoms with Gasteiger partial charge in [-0.2, -0.15) is 0 Å². The van der Waals surface area contributed by atoms with Crippen molar-refractivity contribution in [3.8, 4) is 23.0 Å². The number of methoxy groups -OCH3 is 2. The first-order valence-electron chi connectivity index (χ1n) is 8.60. The average molecular weight is 387 g/mol. The van der Waals surface area contributed by atoms with Gasteiger partial charge in [0.15, 0.2) is 17.6 Å². The first kappa shape index (κ1) is 19.3. The van der Waals surface area contributed by atoms with Gasteiger partial charge in [0.2, 0.25) is 6.79 Å². The van der Waals surface area contributed by atoms with Gasteiger partial charge in [-0.1, -0.05) is 6.07 Å². The van der Waals surface area contributed by atoms with Gasteiger partial charge in [0.05, 0.1) is 19.8 Å². The Labute approximate surface area is 162 Å². The fraction of sp³-hybridized carbons (Fsp3) is 0.300. The molecule has 1 amide bonds. The van der Waals surface area contributed by atoms with Crippen LogP contribution in [0.2, 0.25) is 0 Å². The minimum absolute atomic E-state index is 0.188. The standard InChI is InChI=1S/C20H21NO7/c1-12(28-20(23)14-7-15(24-2)9-16(8-14)25-3)19(22)21-10-13-4-5-17-18(6-13)27-11-26-17/h4-9,12H,10-11H2,1-3H3,(H,21,22). The van der Waals surface area contributed by atoms with Crippen LogP contribution < -0.4 is 24.3 Å². The highest BCUT2D eigenvalue weighted by Crippen LogP contribution is 2.32. The van der Waals surface area contributed by atoms with E-state index in [-0.39, 0.29) is 18.9 Å². The Balaban J connectivity index is 1.57. The van der Waals surface area contributed by atoms with Gasteiger partial charge in [-0.25, -0.2) is 4.79 Å². The van der Waals surface area contributed by atoms with E-state index in [4.69, 9.17) is 23.7 Å². The third-order valence-corrected chi connectivity index (χ3v) is 4.14. The van der Waals surface area contributed by atoms with Gasteiger partial charge in [0.25, 0.3) is 5.91 Å². The van der Waals surface area contributed by atoms with Gasteiger partial charge in [-0.15, -0.1) is 0 Å². The van der Waals surface area contributed by atoms with Crippen molar-refractivity contribution >= 4 is 11.9 Å². The Hall–Kier alpha value is -3.42. The van der Waals surface area contributed by atoms with E-state index in [1.165, 1.54) is 33.3 Å². The molecule has 3 rings (SSSR count). The molecule has 0 bridgehead atoms. The Morgan fingerprint density at radius 1 is 1.04 bits per heavy atom. The smallest absolute Gasteiger partial charge is 0.339 e. The summed E-state index contributed by atoms with van der Waals surface area (Å²) in [4.78, 5) is 24.6. The van der Waals surface area contributed by atoms with E-state index in [9.17, 15) is 9.59 Å². The van der Waals surface area contributed by atoms with Crippen LogP contribution in [0.4, 0.5) is 0 Å². The van der Waals surface area contributed by atoms with E-state index >= 15 is 0 Å². The van der Waals surface area contributed by atoms with E-state index in [1.54, 1.807) is 18.2 Å². The molecule has 148 valence electrons. The fourth-order valence-electron chi connectivity index (χ4n) is 2.59. The van der Waals surface area contributed by atoms with Crippen molar-refractivity contribution in [2.45, 2.75) is 19.6 Å². The monoisotopic (exact) mass is 387 g/mol. The molecule has 1 aliphatic heterocycles. The minimum atomic E-state index is -0.973. The quantitative estimate of drug-likeness (QED) is 0.729. The highest BCUT2D eigenvalue weighted by atomic mass is 16.7. The van der Waals surface area contributed by atoms with Crippen LogP contribution in [0.5, 0.6) is 23.0 Å². The summed E-state index contributed by atoms with van der Waals surface area (Å²) in [6, 6.07) is 10.1. The lowest BCUT2D eigenvalue weighted by Crippen LogP contribution is -2.35. The SMILES string of the molecule is COc1cc(OC)cc(C(=O)OC(C)C(=O)NCc2ccc3c(c2)OCO3)c1. The van der Waals surface area contributed by atoms with Crippen molar-refractivity contribution in [2.24, 2.45) is 0 Å². The topological polar surface area (TPSA) is 92.3 Å². The summed E-state index contributed by atoms with van der Waals surface area (Å²) in [6.45, 7) is 1.96. The normalized spacial score (nSPS) is 12.8. The third kappa shape index (κ3) is 4.46. The van der Waals surface area contributed by atoms with Gasteiger partial charge >= 0.3 is 5.97 Å². The van der Waals surface area contributed by atoms with E-state index in [0.717, 1.165) is 5.56 Å². The fourth-order valence-corrected chi connectivity index (χ4v) is 2.59. The molecule has 1 N–H and O–H groups in total. The van der Waals surface area contributed by atoms with Crippen molar-refractivity contribution in [1.29, 1.82) is 0 Å². The molecule has 0 aliphatic carbocycles. The first-order chi connectivity index (χ1) is 13.5. The molecule has 1 unspecified atom stereocenters. The lowest BCUT2D eigenvalue weighted by molar-refractivity contribution is -0.129. The molecule has 0 saturated heterocycles. The van der Waals surface area contributed by atoms with Crippen LogP contribution in [0.3, 0.4) is 0 Å². The first-order valence-corrected chi connectivity index (χ1v) is 8.60. The van der Waals surface area contributed by atoms with Crippen LogP contribution >= 0.6 is 0 Å². The van der Waals surface area contributed by atoms with E-state index in [0.29, 0.717) is 23.0 Å². The van der Waals surface area contributed by atoms with Crippen LogP contribution in [0, 0.1) is 0 Å². The number of nitrogens with one attached hydrogen (secondary N) is 1. The van der Waals surface area contributed by atoms with Crippen molar-refractivity contribution in [2.75, 3.05) is 21.0 Å². The van der Waals surface area contributed by atoms with Gasteiger partial charge in [0.1, 0.15) is 11.5 Å². The summed E-state index contributed by atoms with van der Waals surface area (Å²) in [6.07, 6.45) is -0.973. The van der Waals surface area contributed by atoms with Crippen molar-refractivity contribution < 1.29 is 33.3 Å². The summed E-state index contributed by atoms with van der Waals surface area (Å²) in [5, 5.41) is 2.73. The Morgan fingerprint density at radius 2 is 1.71 bits per heavy atom. The molecule has 0 aromatic heterocycles. The molecule has 1 heterocycles. The lowest BCUT2D eigenvalue weighted by atomic mass is 10.2. The van der Waals surface area contributed by atoms with Crippen molar-refractivity contribution in [3.63, 3.8) is 0 Å². The maximum atomic E-state index is 12.4. The van der Waals surface area contributed by atoms with Crippen LogP contribution in [0.1, 0.15) is 22.8 Å². The number of hydrogen-bond acceptors (Lipinski definition) is 7. The number of rotatable bonds is 7. The van der Waals surface area contributed by atoms with E-state index < -0.39 is 18.0 Å². The highest BCUT2D eigenvalue weighted by Gasteiger charge is 2.20. The second-order valence-electron chi connectivity index (χ2n) is 6.05. The predicted molar refractivity (Wildman–Crippen MR) is 98.8 cm³/mol. The number of carbonyl (C=O) groups is 2. The zero-order chi connectivity index (χ0) is 20.1. The maximum Gasteiger partial charge on any atom is 0.339 e. The van der Waals surface area contributed by atoms with Gasteiger partial charge < -0.3 is 29.0 Å². The maximum absolute atomic E-state index is 12.4. The average Bonchev–Trinajstić information content (AvgIpc) is 3.19. The number of amides is 1. The van der Waals surface area contributed by atoms with Gasteiger partial charge in [-0.05, 0) is 36.8 Å². The number of esters is 1. The predicted octanol–water partition coefficient (Wildman–Crippen LogP) is 2.29. The molecule has 8 heteroatoms. The molecule has 8 nitrogen and oxygen atoms in total. The van der Waals surface area contributed by atoms with E-state index in [1.807, 2.05) is 6.07 Å². The van der Waals surface area contributed by atoms with Crippen LogP contribution in [0.15, 0.2) is 36.4 Å². The molecule has 0 spiro atoms. The summed E-state index contributed by atoms with van der Waals surface area (Å²) >= 11 is 0. The highest BCUT2D eigenvalue weighted by molar-refractivity contribution is 5.93. The zero-order valence-electron chi connectivity index (χ0n) is 15.8. The zero-order valence-corrected chi connectivity index (χ0v) is 15.8. The Morgan fingerprint density at radius 3 is 2.39 bits per heavy atom.